The maximum Gasteiger partial charge on any atom is 0.255 e. The van der Waals surface area contributed by atoms with Gasteiger partial charge >= 0.3 is 0 Å². The number of nitrogens with zero attached hydrogens (tertiary/aromatic N) is 2. The number of hydrogen-bond acceptors (Lipinski definition) is 2. The van der Waals surface area contributed by atoms with E-state index in [-0.39, 0.29) is 5.91 Å². The van der Waals surface area contributed by atoms with Crippen LogP contribution in [0, 0.1) is 20.8 Å². The topological polar surface area (TPSA) is 23.6 Å². The average molecular weight is 415 g/mol. The number of hydrogen-bond donors (Lipinski definition) is 0. The van der Waals surface area contributed by atoms with Gasteiger partial charge in [-0.15, -0.1) is 0 Å². The van der Waals surface area contributed by atoms with Crippen molar-refractivity contribution in [2.45, 2.75) is 47.7 Å². The van der Waals surface area contributed by atoms with Gasteiger partial charge in [-0.3, -0.25) is 4.79 Å². The molecule has 0 N–H and O–H groups in total. The van der Waals surface area contributed by atoms with Crippen LogP contribution in [0.5, 0.6) is 0 Å². The lowest BCUT2D eigenvalue weighted by Crippen LogP contribution is -2.33. The van der Waals surface area contributed by atoms with Gasteiger partial charge in [-0.25, -0.2) is 0 Å². The third kappa shape index (κ3) is 5.55. The lowest BCUT2D eigenvalue weighted by Gasteiger charge is -2.30. The number of rotatable bonds is 8. The molecule has 3 aromatic carbocycles. The Hall–Kier alpha value is -3.07. The van der Waals surface area contributed by atoms with E-state index < -0.39 is 0 Å². The summed E-state index contributed by atoms with van der Waals surface area (Å²) in [5, 5.41) is 0. The van der Waals surface area contributed by atoms with Gasteiger partial charge in [0.15, 0.2) is 0 Å². The van der Waals surface area contributed by atoms with Gasteiger partial charge in [0.05, 0.1) is 11.3 Å². The highest BCUT2D eigenvalue weighted by atomic mass is 16.2. The van der Waals surface area contributed by atoms with E-state index in [0.717, 1.165) is 29.9 Å². The predicted octanol–water partition coefficient (Wildman–Crippen LogP) is 6.30. The number of carbonyl (C=O) groups is 1. The second-order valence-corrected chi connectivity index (χ2v) is 8.28. The summed E-state index contributed by atoms with van der Waals surface area (Å²) < 4.78 is 0. The summed E-state index contributed by atoms with van der Waals surface area (Å²) in [5.74, 6) is 0.0986. The molecule has 0 aliphatic heterocycles. The van der Waals surface area contributed by atoms with Crippen molar-refractivity contribution in [3.63, 3.8) is 0 Å². The number of amides is 1. The first-order chi connectivity index (χ1) is 14.9. The minimum Gasteiger partial charge on any atom is -0.362 e. The molecule has 0 heterocycles. The van der Waals surface area contributed by atoms with Crippen LogP contribution in [0.15, 0.2) is 66.7 Å². The zero-order valence-electron chi connectivity index (χ0n) is 19.5. The molecule has 0 fully saturated rings. The maximum absolute atomic E-state index is 13.4. The monoisotopic (exact) mass is 414 g/mol. The number of aryl methyl sites for hydroxylation is 3. The molecule has 0 radical (unpaired) electrons. The third-order valence-corrected chi connectivity index (χ3v) is 5.82. The fraction of sp³-hybridized carbons (Fsp3) is 0.321. The van der Waals surface area contributed by atoms with E-state index in [9.17, 15) is 4.79 Å². The second-order valence-electron chi connectivity index (χ2n) is 8.28. The lowest BCUT2D eigenvalue weighted by atomic mass is 10.0. The Balaban J connectivity index is 2.06. The second kappa shape index (κ2) is 10.3. The Bertz CT molecular complexity index is 955. The molecule has 0 atom stereocenters. The molecule has 3 aromatic rings. The summed E-state index contributed by atoms with van der Waals surface area (Å²) >= 11 is 0. The Labute approximate surface area is 187 Å². The summed E-state index contributed by atoms with van der Waals surface area (Å²) in [5.41, 5.74) is 7.91. The number of carbonyl (C=O) groups excluding carboxylic acids is 1. The summed E-state index contributed by atoms with van der Waals surface area (Å²) in [6.45, 7) is 13.3. The van der Waals surface area contributed by atoms with Gasteiger partial charge in [0.1, 0.15) is 0 Å². The highest BCUT2D eigenvalue weighted by molar-refractivity contribution is 6.00. The molecule has 0 aliphatic carbocycles. The summed E-state index contributed by atoms with van der Waals surface area (Å²) in [4.78, 5) is 17.6. The standard InChI is InChI=1S/C28H34N2O/c1-6-29(7-2)28(31)26-10-8-9-23(5)27(26)30(19-24-15-11-21(3)12-16-24)20-25-17-13-22(4)14-18-25/h8-18H,6-7,19-20H2,1-5H3. The highest BCUT2D eigenvalue weighted by Crippen LogP contribution is 2.30. The summed E-state index contributed by atoms with van der Waals surface area (Å²) in [6, 6.07) is 23.4. The van der Waals surface area contributed by atoms with Gasteiger partial charge < -0.3 is 9.80 Å². The van der Waals surface area contributed by atoms with Gasteiger partial charge in [0.2, 0.25) is 0 Å². The van der Waals surface area contributed by atoms with Crippen molar-refractivity contribution in [2.75, 3.05) is 18.0 Å². The van der Waals surface area contributed by atoms with Crippen LogP contribution in [0.3, 0.4) is 0 Å². The molecule has 31 heavy (non-hydrogen) atoms. The van der Waals surface area contributed by atoms with E-state index in [1.165, 1.54) is 22.3 Å². The quantitative estimate of drug-likeness (QED) is 0.432. The lowest BCUT2D eigenvalue weighted by molar-refractivity contribution is 0.0773. The van der Waals surface area contributed by atoms with Crippen LogP contribution in [0.25, 0.3) is 0 Å². The summed E-state index contributed by atoms with van der Waals surface area (Å²) in [7, 11) is 0. The van der Waals surface area contributed by atoms with Crippen molar-refractivity contribution in [1.29, 1.82) is 0 Å². The van der Waals surface area contributed by atoms with Crippen LogP contribution in [-0.2, 0) is 13.1 Å². The molecular formula is C28H34N2O. The Morgan fingerprint density at radius 3 is 1.65 bits per heavy atom. The van der Waals surface area contributed by atoms with Crippen LogP contribution in [0.2, 0.25) is 0 Å². The van der Waals surface area contributed by atoms with Crippen LogP contribution >= 0.6 is 0 Å². The zero-order chi connectivity index (χ0) is 22.4. The zero-order valence-corrected chi connectivity index (χ0v) is 19.5. The fourth-order valence-electron chi connectivity index (χ4n) is 3.97. The minimum absolute atomic E-state index is 0.0986. The summed E-state index contributed by atoms with van der Waals surface area (Å²) in [6.07, 6.45) is 0. The first-order valence-electron chi connectivity index (χ1n) is 11.2. The Morgan fingerprint density at radius 2 is 1.19 bits per heavy atom. The van der Waals surface area contributed by atoms with E-state index in [1.807, 2.05) is 30.9 Å². The van der Waals surface area contributed by atoms with Gasteiger partial charge in [0.25, 0.3) is 5.91 Å². The number of benzene rings is 3. The maximum atomic E-state index is 13.4. The van der Waals surface area contributed by atoms with Crippen molar-refractivity contribution in [2.24, 2.45) is 0 Å². The Morgan fingerprint density at radius 1 is 0.710 bits per heavy atom. The van der Waals surface area contributed by atoms with Gasteiger partial charge in [-0.05, 0) is 57.4 Å². The molecule has 0 aromatic heterocycles. The predicted molar refractivity (Wildman–Crippen MR) is 131 cm³/mol. The van der Waals surface area contributed by atoms with Crippen LogP contribution in [0.1, 0.15) is 52.0 Å². The molecule has 0 aliphatic rings. The van der Waals surface area contributed by atoms with E-state index in [2.05, 4.69) is 80.3 Å². The van der Waals surface area contributed by atoms with Gasteiger partial charge in [0, 0.05) is 26.2 Å². The van der Waals surface area contributed by atoms with Crippen molar-refractivity contribution >= 4 is 11.6 Å². The van der Waals surface area contributed by atoms with E-state index in [0.29, 0.717) is 13.1 Å². The molecule has 3 rings (SSSR count). The third-order valence-electron chi connectivity index (χ3n) is 5.82. The van der Waals surface area contributed by atoms with E-state index in [4.69, 9.17) is 0 Å². The molecule has 162 valence electrons. The molecule has 0 saturated heterocycles. The number of para-hydroxylation sites is 1. The average Bonchev–Trinajstić information content (AvgIpc) is 2.77. The highest BCUT2D eigenvalue weighted by Gasteiger charge is 2.22. The minimum atomic E-state index is 0.0986. The largest absolute Gasteiger partial charge is 0.362 e. The van der Waals surface area contributed by atoms with Crippen molar-refractivity contribution in [3.8, 4) is 0 Å². The van der Waals surface area contributed by atoms with Crippen molar-refractivity contribution in [3.05, 3.63) is 100 Å². The van der Waals surface area contributed by atoms with Crippen LogP contribution in [-0.4, -0.2) is 23.9 Å². The molecule has 0 saturated carbocycles. The Kier molecular flexibility index (Phi) is 7.51. The van der Waals surface area contributed by atoms with Crippen molar-refractivity contribution < 1.29 is 4.79 Å². The molecular weight excluding hydrogens is 380 g/mol. The van der Waals surface area contributed by atoms with E-state index in [1.54, 1.807) is 0 Å². The number of anilines is 1. The first-order valence-corrected chi connectivity index (χ1v) is 11.2. The molecule has 0 unspecified atom stereocenters. The van der Waals surface area contributed by atoms with Crippen LogP contribution in [0.4, 0.5) is 5.69 Å². The van der Waals surface area contributed by atoms with Crippen LogP contribution < -0.4 is 4.90 Å². The van der Waals surface area contributed by atoms with Gasteiger partial charge in [-0.2, -0.15) is 0 Å². The first kappa shape index (κ1) is 22.6. The SMILES string of the molecule is CCN(CC)C(=O)c1cccc(C)c1N(Cc1ccc(C)cc1)Cc1ccc(C)cc1. The molecule has 0 bridgehead atoms. The normalized spacial score (nSPS) is 10.7. The molecule has 1 amide bonds. The fourth-order valence-corrected chi connectivity index (χ4v) is 3.97. The van der Waals surface area contributed by atoms with Gasteiger partial charge in [-0.1, -0.05) is 71.8 Å². The molecule has 3 heteroatoms. The molecule has 3 nitrogen and oxygen atoms in total. The molecule has 0 spiro atoms. The van der Waals surface area contributed by atoms with Crippen molar-refractivity contribution in [1.82, 2.24) is 4.90 Å². The van der Waals surface area contributed by atoms with E-state index >= 15 is 0 Å². The smallest absolute Gasteiger partial charge is 0.255 e.